The summed E-state index contributed by atoms with van der Waals surface area (Å²) in [5.41, 5.74) is 1.50. The van der Waals surface area contributed by atoms with Crippen LogP contribution >= 0.6 is 12.4 Å². The molecule has 0 radical (unpaired) electrons. The van der Waals surface area contributed by atoms with Crippen LogP contribution in [0.2, 0.25) is 0 Å². The van der Waals surface area contributed by atoms with Gasteiger partial charge in [0.25, 0.3) is 0 Å². The van der Waals surface area contributed by atoms with Crippen LogP contribution < -0.4 is 5.32 Å². The Labute approximate surface area is 134 Å². The van der Waals surface area contributed by atoms with E-state index in [-0.39, 0.29) is 12.4 Å². The fourth-order valence-electron chi connectivity index (χ4n) is 3.61. The van der Waals surface area contributed by atoms with E-state index in [4.69, 9.17) is 4.99 Å². The molecule has 1 fully saturated rings. The van der Waals surface area contributed by atoms with Gasteiger partial charge in [0, 0.05) is 24.9 Å². The van der Waals surface area contributed by atoms with Gasteiger partial charge in [-0.25, -0.2) is 0 Å². The topological polar surface area (TPSA) is 24.4 Å². The van der Waals surface area contributed by atoms with Crippen molar-refractivity contribution in [1.29, 1.82) is 0 Å². The second kappa shape index (κ2) is 8.43. The van der Waals surface area contributed by atoms with E-state index in [9.17, 15) is 0 Å². The maximum Gasteiger partial charge on any atom is 0.0965 e. The average Bonchev–Trinajstić information content (AvgIpc) is 2.77. The summed E-state index contributed by atoms with van der Waals surface area (Å²) >= 11 is 0. The van der Waals surface area contributed by atoms with Gasteiger partial charge in [-0.05, 0) is 31.2 Å². The van der Waals surface area contributed by atoms with Crippen LogP contribution in [0.4, 0.5) is 0 Å². The fraction of sp³-hybridized carbons (Fsp3) is 0.611. The molecule has 1 heterocycles. The van der Waals surface area contributed by atoms with Crippen molar-refractivity contribution in [2.24, 2.45) is 4.99 Å². The highest BCUT2D eigenvalue weighted by atomic mass is 35.5. The van der Waals surface area contributed by atoms with Gasteiger partial charge in [0.15, 0.2) is 0 Å². The maximum atomic E-state index is 4.75. The standard InChI is InChI=1S/C18H26N2.ClH/c1-3-9-15(10-4-1)16-11-6-7-12-17(16)20-18-13-5-2-8-14-19-18;/h1,3-4,9-10,16-17H,2,5-8,11-14H2,(H,19,20);1H. The summed E-state index contributed by atoms with van der Waals surface area (Å²) in [6.45, 7) is 1.02. The van der Waals surface area contributed by atoms with Gasteiger partial charge in [-0.15, -0.1) is 12.4 Å². The van der Waals surface area contributed by atoms with E-state index in [1.165, 1.54) is 56.3 Å². The summed E-state index contributed by atoms with van der Waals surface area (Å²) in [4.78, 5) is 4.75. The third kappa shape index (κ3) is 4.47. The molecule has 3 heteroatoms. The van der Waals surface area contributed by atoms with Crippen molar-refractivity contribution < 1.29 is 0 Å². The highest BCUT2D eigenvalue weighted by Gasteiger charge is 2.27. The van der Waals surface area contributed by atoms with Gasteiger partial charge < -0.3 is 5.32 Å². The minimum Gasteiger partial charge on any atom is -0.370 e. The Morgan fingerprint density at radius 2 is 1.71 bits per heavy atom. The van der Waals surface area contributed by atoms with E-state index in [1.54, 1.807) is 0 Å². The number of aliphatic imine (C=N–C) groups is 1. The number of rotatable bonds is 2. The van der Waals surface area contributed by atoms with Crippen LogP contribution in [0.5, 0.6) is 0 Å². The normalized spacial score (nSPS) is 26.2. The summed E-state index contributed by atoms with van der Waals surface area (Å²) in [7, 11) is 0. The lowest BCUT2D eigenvalue weighted by Crippen LogP contribution is -2.41. The van der Waals surface area contributed by atoms with Crippen LogP contribution in [0, 0.1) is 0 Å². The fourth-order valence-corrected chi connectivity index (χ4v) is 3.61. The van der Waals surface area contributed by atoms with Crippen LogP contribution in [-0.2, 0) is 0 Å². The summed E-state index contributed by atoms with van der Waals surface area (Å²) in [6, 6.07) is 11.6. The maximum absolute atomic E-state index is 4.75. The first-order valence-electron chi connectivity index (χ1n) is 8.28. The van der Waals surface area contributed by atoms with Crippen molar-refractivity contribution >= 4 is 18.2 Å². The molecule has 0 bridgehead atoms. The number of halogens is 1. The largest absolute Gasteiger partial charge is 0.370 e. The molecule has 0 amide bonds. The number of nitrogens with one attached hydrogen (secondary N) is 1. The quantitative estimate of drug-likeness (QED) is 0.841. The lowest BCUT2D eigenvalue weighted by molar-refractivity contribution is 0.359. The Morgan fingerprint density at radius 3 is 2.57 bits per heavy atom. The van der Waals surface area contributed by atoms with Crippen molar-refractivity contribution in [2.45, 2.75) is 63.3 Å². The third-order valence-electron chi connectivity index (χ3n) is 4.72. The first-order chi connectivity index (χ1) is 9.93. The summed E-state index contributed by atoms with van der Waals surface area (Å²) in [5, 5.41) is 3.80. The Balaban J connectivity index is 0.00000161. The summed E-state index contributed by atoms with van der Waals surface area (Å²) < 4.78 is 0. The minimum absolute atomic E-state index is 0. The Kier molecular flexibility index (Phi) is 6.56. The third-order valence-corrected chi connectivity index (χ3v) is 4.72. The molecular weight excluding hydrogens is 280 g/mol. The Morgan fingerprint density at radius 1 is 0.905 bits per heavy atom. The molecule has 2 nitrogen and oxygen atoms in total. The van der Waals surface area contributed by atoms with Crippen LogP contribution in [0.25, 0.3) is 0 Å². The van der Waals surface area contributed by atoms with Crippen LogP contribution in [-0.4, -0.2) is 18.4 Å². The van der Waals surface area contributed by atoms with E-state index in [0.29, 0.717) is 12.0 Å². The summed E-state index contributed by atoms with van der Waals surface area (Å²) in [5.74, 6) is 1.94. The van der Waals surface area contributed by atoms with E-state index in [1.807, 2.05) is 0 Å². The lowest BCUT2D eigenvalue weighted by atomic mass is 9.80. The van der Waals surface area contributed by atoms with E-state index >= 15 is 0 Å². The molecule has 1 N–H and O–H groups in total. The molecule has 3 rings (SSSR count). The molecule has 2 aliphatic rings. The van der Waals surface area contributed by atoms with Crippen LogP contribution in [0.3, 0.4) is 0 Å². The van der Waals surface area contributed by atoms with Crippen molar-refractivity contribution in [3.63, 3.8) is 0 Å². The molecule has 0 aromatic heterocycles. The molecule has 0 spiro atoms. The number of amidine groups is 1. The highest BCUT2D eigenvalue weighted by Crippen LogP contribution is 2.33. The van der Waals surface area contributed by atoms with E-state index in [2.05, 4.69) is 35.6 Å². The summed E-state index contributed by atoms with van der Waals surface area (Å²) in [6.07, 6.45) is 10.4. The first kappa shape index (κ1) is 16.4. The molecule has 1 saturated carbocycles. The number of benzene rings is 1. The zero-order valence-electron chi connectivity index (χ0n) is 12.8. The molecule has 1 aliphatic heterocycles. The Bertz CT molecular complexity index is 444. The molecule has 0 saturated heterocycles. The van der Waals surface area contributed by atoms with Crippen molar-refractivity contribution in [3.05, 3.63) is 35.9 Å². The van der Waals surface area contributed by atoms with Gasteiger partial charge in [-0.1, -0.05) is 49.6 Å². The minimum atomic E-state index is 0. The van der Waals surface area contributed by atoms with Gasteiger partial charge in [-0.2, -0.15) is 0 Å². The molecule has 21 heavy (non-hydrogen) atoms. The number of nitrogens with zero attached hydrogens (tertiary/aromatic N) is 1. The van der Waals surface area contributed by atoms with Crippen LogP contribution in [0.15, 0.2) is 35.3 Å². The van der Waals surface area contributed by atoms with E-state index < -0.39 is 0 Å². The van der Waals surface area contributed by atoms with Gasteiger partial charge in [0.05, 0.1) is 5.84 Å². The zero-order valence-corrected chi connectivity index (χ0v) is 13.6. The predicted molar refractivity (Wildman–Crippen MR) is 92.6 cm³/mol. The molecule has 1 aromatic rings. The molecule has 1 aliphatic carbocycles. The number of hydrogen-bond donors (Lipinski definition) is 1. The van der Waals surface area contributed by atoms with Gasteiger partial charge in [0.2, 0.25) is 0 Å². The zero-order chi connectivity index (χ0) is 13.6. The average molecular weight is 307 g/mol. The molecule has 2 atom stereocenters. The van der Waals surface area contributed by atoms with E-state index in [0.717, 1.165) is 13.0 Å². The molecule has 116 valence electrons. The monoisotopic (exact) mass is 306 g/mol. The van der Waals surface area contributed by atoms with Crippen molar-refractivity contribution in [1.82, 2.24) is 5.32 Å². The Hall–Kier alpha value is -1.02. The van der Waals surface area contributed by atoms with Gasteiger partial charge in [-0.3, -0.25) is 4.99 Å². The smallest absolute Gasteiger partial charge is 0.0965 e. The van der Waals surface area contributed by atoms with Gasteiger partial charge >= 0.3 is 0 Å². The second-order valence-corrected chi connectivity index (χ2v) is 6.19. The molecular formula is C18H27ClN2. The van der Waals surface area contributed by atoms with Gasteiger partial charge in [0.1, 0.15) is 0 Å². The van der Waals surface area contributed by atoms with Crippen molar-refractivity contribution in [3.8, 4) is 0 Å². The SMILES string of the molecule is Cl.c1ccc(C2CCCCC2NC2=NCCCCC2)cc1. The lowest BCUT2D eigenvalue weighted by Gasteiger charge is -2.33. The van der Waals surface area contributed by atoms with Crippen molar-refractivity contribution in [2.75, 3.05) is 6.54 Å². The molecule has 1 aromatic carbocycles. The van der Waals surface area contributed by atoms with Crippen LogP contribution in [0.1, 0.15) is 62.8 Å². The first-order valence-corrected chi connectivity index (χ1v) is 8.28. The molecule has 2 unspecified atom stereocenters. The highest BCUT2D eigenvalue weighted by molar-refractivity contribution is 5.85. The number of hydrogen-bond acceptors (Lipinski definition) is 2. The predicted octanol–water partition coefficient (Wildman–Crippen LogP) is 4.70. The second-order valence-electron chi connectivity index (χ2n) is 6.19.